The Balaban J connectivity index is 4.74. The van der Waals surface area contributed by atoms with Gasteiger partial charge in [0.05, 0.1) is 0 Å². The number of rotatable bonds is 8. The maximum absolute atomic E-state index is 6.20. The van der Waals surface area contributed by atoms with Gasteiger partial charge < -0.3 is 0 Å². The maximum atomic E-state index is 6.20. The first kappa shape index (κ1) is 15.9. The van der Waals surface area contributed by atoms with Crippen molar-refractivity contribution in [2.24, 2.45) is 0 Å². The van der Waals surface area contributed by atoms with Gasteiger partial charge in [-0.05, 0) is 0 Å². The van der Waals surface area contributed by atoms with E-state index < -0.39 is 30.3 Å². The molecule has 0 aliphatic rings. The molecular formula is C9H24O4SiZr. The molecule has 0 spiro atoms. The summed E-state index contributed by atoms with van der Waals surface area (Å²) < 4.78 is 22.3. The van der Waals surface area contributed by atoms with Gasteiger partial charge in [0, 0.05) is 0 Å². The van der Waals surface area contributed by atoms with Crippen LogP contribution in [0.25, 0.3) is 0 Å². The van der Waals surface area contributed by atoms with Crippen molar-refractivity contribution in [2.45, 2.75) is 38.9 Å². The first-order valence-electron chi connectivity index (χ1n) is 5.43. The summed E-state index contributed by atoms with van der Waals surface area (Å²) in [6.07, 6.45) is 0. The van der Waals surface area contributed by atoms with E-state index in [1.807, 2.05) is 0 Å². The van der Waals surface area contributed by atoms with Crippen LogP contribution in [0.15, 0.2) is 0 Å². The third-order valence-electron chi connectivity index (χ3n) is 3.02. The Morgan fingerprint density at radius 1 is 0.800 bits per heavy atom. The molecular weight excluding hydrogens is 291 g/mol. The van der Waals surface area contributed by atoms with E-state index in [2.05, 4.69) is 20.8 Å². The van der Waals surface area contributed by atoms with Crippen molar-refractivity contribution in [2.75, 3.05) is 21.3 Å². The molecule has 4 nitrogen and oxygen atoms in total. The fourth-order valence-corrected chi connectivity index (χ4v) is 14.5. The first-order valence-corrected chi connectivity index (χ1v) is 12.0. The summed E-state index contributed by atoms with van der Waals surface area (Å²) >= 11 is -3.64. The van der Waals surface area contributed by atoms with E-state index in [1.165, 1.54) is 0 Å². The van der Waals surface area contributed by atoms with Gasteiger partial charge in [0.25, 0.3) is 0 Å². The minimum absolute atomic E-state index is 1.08. The van der Waals surface area contributed by atoms with E-state index >= 15 is 0 Å². The standard InChI is InChI=1S/C6H15OSi.3CH3O.Zr/c1-4-8(7,5-2)6-3;3*1-2;/h4-6H2,1-3H3;3*1H3;/q4*-1;+4. The van der Waals surface area contributed by atoms with Crippen molar-refractivity contribution in [3.05, 3.63) is 0 Å². The van der Waals surface area contributed by atoms with Gasteiger partial charge >= 0.3 is 102 Å². The monoisotopic (exact) mass is 314 g/mol. The zero-order chi connectivity index (χ0) is 11.9. The predicted molar refractivity (Wildman–Crippen MR) is 59.3 cm³/mol. The second-order valence-electron chi connectivity index (χ2n) is 3.46. The summed E-state index contributed by atoms with van der Waals surface area (Å²) in [6, 6.07) is 3.23. The van der Waals surface area contributed by atoms with Crippen LogP contribution >= 0.6 is 0 Å². The van der Waals surface area contributed by atoms with E-state index in [0.717, 1.165) is 18.1 Å². The van der Waals surface area contributed by atoms with E-state index in [9.17, 15) is 0 Å². The Bertz CT molecular complexity index is 137. The zero-order valence-corrected chi connectivity index (χ0v) is 14.2. The topological polar surface area (TPSA) is 36.9 Å². The Kier molecular flexibility index (Phi) is 7.76. The van der Waals surface area contributed by atoms with E-state index in [1.54, 1.807) is 21.3 Å². The molecule has 0 bridgehead atoms. The van der Waals surface area contributed by atoms with Gasteiger partial charge in [-0.25, -0.2) is 0 Å². The van der Waals surface area contributed by atoms with Gasteiger partial charge in [-0.2, -0.15) is 0 Å². The van der Waals surface area contributed by atoms with Crippen LogP contribution in [0.3, 0.4) is 0 Å². The average molecular weight is 316 g/mol. The van der Waals surface area contributed by atoms with Crippen LogP contribution in [-0.2, 0) is 33.0 Å². The Morgan fingerprint density at radius 2 is 1.13 bits per heavy atom. The molecule has 0 heterocycles. The summed E-state index contributed by atoms with van der Waals surface area (Å²) in [5.41, 5.74) is 0. The van der Waals surface area contributed by atoms with E-state index in [0.29, 0.717) is 0 Å². The van der Waals surface area contributed by atoms with Crippen LogP contribution in [0.4, 0.5) is 0 Å². The third-order valence-corrected chi connectivity index (χ3v) is 16.3. The van der Waals surface area contributed by atoms with Crippen molar-refractivity contribution in [3.8, 4) is 0 Å². The molecule has 0 aromatic carbocycles. The SMILES string of the molecule is CC[Si](CC)(CC)[O][Zr]([O]C)([O]C)[O]C. The molecule has 6 heteroatoms. The minimum atomic E-state index is -3.64. The van der Waals surface area contributed by atoms with Crippen molar-refractivity contribution in [3.63, 3.8) is 0 Å². The summed E-state index contributed by atoms with van der Waals surface area (Å²) in [7, 11) is 3.15. The molecule has 0 radical (unpaired) electrons. The molecule has 0 aliphatic heterocycles. The second-order valence-corrected chi connectivity index (χ2v) is 15.1. The second kappa shape index (κ2) is 7.30. The predicted octanol–water partition coefficient (Wildman–Crippen LogP) is 2.76. The molecule has 0 N–H and O–H groups in total. The number of hydrogen-bond acceptors (Lipinski definition) is 4. The molecule has 0 saturated carbocycles. The van der Waals surface area contributed by atoms with Gasteiger partial charge in [0.1, 0.15) is 0 Å². The van der Waals surface area contributed by atoms with Crippen molar-refractivity contribution < 1.29 is 33.0 Å². The van der Waals surface area contributed by atoms with Gasteiger partial charge in [-0.1, -0.05) is 0 Å². The third kappa shape index (κ3) is 4.02. The van der Waals surface area contributed by atoms with Gasteiger partial charge in [0.15, 0.2) is 0 Å². The molecule has 0 aliphatic carbocycles. The zero-order valence-electron chi connectivity index (χ0n) is 10.8. The summed E-state index contributed by atoms with van der Waals surface area (Å²) in [4.78, 5) is 0. The van der Waals surface area contributed by atoms with Crippen molar-refractivity contribution in [1.82, 2.24) is 0 Å². The molecule has 0 unspecified atom stereocenters. The first-order chi connectivity index (χ1) is 7.07. The van der Waals surface area contributed by atoms with Crippen LogP contribution in [0.5, 0.6) is 0 Å². The van der Waals surface area contributed by atoms with Crippen molar-refractivity contribution >= 4 is 8.32 Å². The van der Waals surface area contributed by atoms with Crippen molar-refractivity contribution in [1.29, 1.82) is 0 Å². The van der Waals surface area contributed by atoms with Crippen LogP contribution in [0.1, 0.15) is 20.8 Å². The van der Waals surface area contributed by atoms with Gasteiger partial charge in [-0.15, -0.1) is 0 Å². The van der Waals surface area contributed by atoms with E-state index in [4.69, 9.17) is 10.9 Å². The van der Waals surface area contributed by atoms with Crippen LogP contribution in [-0.4, -0.2) is 29.6 Å². The Labute approximate surface area is 101 Å². The Morgan fingerprint density at radius 3 is 1.33 bits per heavy atom. The summed E-state index contributed by atoms with van der Waals surface area (Å²) in [5.74, 6) is 0. The summed E-state index contributed by atoms with van der Waals surface area (Å²) in [6.45, 7) is 6.53. The normalized spacial score (nSPS) is 13.2. The molecule has 0 atom stereocenters. The van der Waals surface area contributed by atoms with Crippen LogP contribution < -0.4 is 0 Å². The van der Waals surface area contributed by atoms with Crippen LogP contribution in [0, 0.1) is 0 Å². The quantitative estimate of drug-likeness (QED) is 0.645. The Hall–Kier alpha value is 0.940. The average Bonchev–Trinajstić information content (AvgIpc) is 2.33. The van der Waals surface area contributed by atoms with Crippen LogP contribution in [0.2, 0.25) is 18.1 Å². The fourth-order valence-electron chi connectivity index (χ4n) is 1.61. The molecule has 92 valence electrons. The molecule has 0 aromatic heterocycles. The molecule has 0 amide bonds. The molecule has 0 aromatic rings. The van der Waals surface area contributed by atoms with Gasteiger partial charge in [0.2, 0.25) is 0 Å². The molecule has 0 rings (SSSR count). The fraction of sp³-hybridized carbons (Fsp3) is 1.00. The number of hydrogen-bond donors (Lipinski definition) is 0. The van der Waals surface area contributed by atoms with Gasteiger partial charge in [-0.3, -0.25) is 0 Å². The van der Waals surface area contributed by atoms with E-state index in [-0.39, 0.29) is 0 Å². The molecule has 15 heavy (non-hydrogen) atoms. The summed E-state index contributed by atoms with van der Waals surface area (Å²) in [5, 5.41) is 0. The molecule has 0 saturated heterocycles. The molecule has 0 fully saturated rings.